The predicted molar refractivity (Wildman–Crippen MR) is 109 cm³/mol. The van der Waals surface area contributed by atoms with Gasteiger partial charge in [0.15, 0.2) is 6.10 Å². The highest BCUT2D eigenvalue weighted by Crippen LogP contribution is 2.27. The summed E-state index contributed by atoms with van der Waals surface area (Å²) < 4.78 is 10.00. The lowest BCUT2D eigenvalue weighted by Crippen LogP contribution is -2.48. The average molecular weight is 415 g/mol. The second kappa shape index (κ2) is 12.1. The largest absolute Gasteiger partial charge is 0.444 e. The summed E-state index contributed by atoms with van der Waals surface area (Å²) >= 11 is 0. The van der Waals surface area contributed by atoms with Crippen LogP contribution in [0.15, 0.2) is 0 Å². The fraction of sp³-hybridized carbons (Fsp3) is 0.857. The molecule has 1 saturated carbocycles. The second-order valence-corrected chi connectivity index (χ2v) is 8.93. The van der Waals surface area contributed by atoms with Crippen LogP contribution in [0.2, 0.25) is 0 Å². The molecular formula is C21H38N2O6. The number of aliphatic hydroxyl groups is 1. The minimum Gasteiger partial charge on any atom is -0.444 e. The Balaban J connectivity index is 2.61. The molecule has 0 aromatic carbocycles. The molecule has 1 rings (SSSR count). The maximum Gasteiger partial charge on any atom is 0.408 e. The van der Waals surface area contributed by atoms with Crippen molar-refractivity contribution >= 4 is 18.0 Å². The molecule has 0 saturated heterocycles. The summed E-state index contributed by atoms with van der Waals surface area (Å²) in [6.45, 7) is 7.06. The van der Waals surface area contributed by atoms with Gasteiger partial charge in [0.25, 0.3) is 0 Å². The molecule has 168 valence electrons. The van der Waals surface area contributed by atoms with Crippen molar-refractivity contribution in [2.75, 3.05) is 0 Å². The lowest BCUT2D eigenvalue weighted by atomic mass is 9.84. The number of unbranched alkanes of at least 4 members (excludes halogenated alkanes) is 1. The molecule has 0 spiro atoms. The smallest absolute Gasteiger partial charge is 0.408 e. The van der Waals surface area contributed by atoms with E-state index in [0.717, 1.165) is 32.1 Å². The minimum absolute atomic E-state index is 0.298. The van der Waals surface area contributed by atoms with Gasteiger partial charge in [-0.15, -0.1) is 0 Å². The van der Waals surface area contributed by atoms with E-state index in [1.165, 1.54) is 6.42 Å². The first-order valence-corrected chi connectivity index (χ1v) is 10.7. The molecule has 0 aromatic rings. The molecular weight excluding hydrogens is 376 g/mol. The molecule has 3 atom stereocenters. The molecule has 0 radical (unpaired) electrons. The molecule has 1 amide bonds. The first-order chi connectivity index (χ1) is 13.5. The Bertz CT molecular complexity index is 540. The molecule has 0 aliphatic heterocycles. The SMILES string of the molecule is CCCCC(NC(=O)OC(C)(C)C)C(=O)OC(=O)C(O)C(N)CC1CCCCC1. The van der Waals surface area contributed by atoms with Gasteiger partial charge in [0.05, 0.1) is 0 Å². The highest BCUT2D eigenvalue weighted by Gasteiger charge is 2.32. The van der Waals surface area contributed by atoms with Crippen LogP contribution in [-0.2, 0) is 19.1 Å². The van der Waals surface area contributed by atoms with E-state index in [9.17, 15) is 19.5 Å². The third-order valence-electron chi connectivity index (χ3n) is 5.00. The van der Waals surface area contributed by atoms with Crippen LogP contribution in [0.3, 0.4) is 0 Å². The molecule has 1 aliphatic carbocycles. The number of alkyl carbamates (subject to hydrolysis) is 1. The van der Waals surface area contributed by atoms with Gasteiger partial charge in [-0.2, -0.15) is 0 Å². The van der Waals surface area contributed by atoms with Crippen molar-refractivity contribution in [1.29, 1.82) is 0 Å². The van der Waals surface area contributed by atoms with Crippen molar-refractivity contribution in [2.24, 2.45) is 11.7 Å². The number of nitrogens with one attached hydrogen (secondary N) is 1. The summed E-state index contributed by atoms with van der Waals surface area (Å²) in [6, 6.07) is -1.82. The number of carbonyl (C=O) groups excluding carboxylic acids is 3. The van der Waals surface area contributed by atoms with Crippen LogP contribution in [0.25, 0.3) is 0 Å². The van der Waals surface area contributed by atoms with Gasteiger partial charge in [0.1, 0.15) is 11.6 Å². The number of carbonyl (C=O) groups is 3. The van der Waals surface area contributed by atoms with Crippen LogP contribution in [0, 0.1) is 5.92 Å². The Morgan fingerprint density at radius 3 is 2.31 bits per heavy atom. The predicted octanol–water partition coefficient (Wildman–Crippen LogP) is 2.80. The zero-order valence-corrected chi connectivity index (χ0v) is 18.2. The zero-order chi connectivity index (χ0) is 22.0. The summed E-state index contributed by atoms with van der Waals surface area (Å²) in [5.41, 5.74) is 5.26. The number of esters is 2. The number of aliphatic hydroxyl groups excluding tert-OH is 1. The summed E-state index contributed by atoms with van der Waals surface area (Å²) in [7, 11) is 0. The van der Waals surface area contributed by atoms with Gasteiger partial charge >= 0.3 is 18.0 Å². The van der Waals surface area contributed by atoms with Crippen molar-refractivity contribution < 1.29 is 29.0 Å². The minimum atomic E-state index is -1.57. The topological polar surface area (TPSA) is 128 Å². The Hall–Kier alpha value is -1.67. The number of nitrogens with two attached hydrogens (primary N) is 1. The average Bonchev–Trinajstić information content (AvgIpc) is 2.63. The molecule has 8 nitrogen and oxygen atoms in total. The molecule has 0 aromatic heterocycles. The van der Waals surface area contributed by atoms with E-state index in [1.807, 2.05) is 6.92 Å². The monoisotopic (exact) mass is 414 g/mol. The van der Waals surface area contributed by atoms with Crippen molar-refractivity contribution in [2.45, 2.75) is 109 Å². The Kier molecular flexibility index (Phi) is 10.6. The molecule has 0 bridgehead atoms. The molecule has 1 fully saturated rings. The number of amides is 1. The van der Waals surface area contributed by atoms with E-state index in [2.05, 4.69) is 5.32 Å². The van der Waals surface area contributed by atoms with Crippen LogP contribution >= 0.6 is 0 Å². The van der Waals surface area contributed by atoms with E-state index in [-0.39, 0.29) is 0 Å². The van der Waals surface area contributed by atoms with Gasteiger partial charge in [-0.1, -0.05) is 51.9 Å². The maximum absolute atomic E-state index is 12.4. The van der Waals surface area contributed by atoms with Gasteiger partial charge in [-0.25, -0.2) is 14.4 Å². The first-order valence-electron chi connectivity index (χ1n) is 10.7. The summed E-state index contributed by atoms with van der Waals surface area (Å²) in [5.74, 6) is -1.62. The maximum atomic E-state index is 12.4. The third kappa shape index (κ3) is 10.1. The zero-order valence-electron chi connectivity index (χ0n) is 18.2. The van der Waals surface area contributed by atoms with Crippen molar-refractivity contribution in [3.63, 3.8) is 0 Å². The van der Waals surface area contributed by atoms with Gasteiger partial charge in [0, 0.05) is 6.04 Å². The van der Waals surface area contributed by atoms with E-state index < -0.39 is 41.8 Å². The normalized spacial score (nSPS) is 18.4. The standard InChI is InChI=1S/C21H38N2O6/c1-5-6-12-16(23-20(27)29-21(2,3)4)18(25)28-19(26)17(24)15(22)13-14-10-8-7-9-11-14/h14-17,24H,5-13,22H2,1-4H3,(H,23,27). The lowest BCUT2D eigenvalue weighted by Gasteiger charge is -2.26. The number of hydrogen-bond acceptors (Lipinski definition) is 7. The number of rotatable bonds is 9. The van der Waals surface area contributed by atoms with Gasteiger partial charge < -0.3 is 25.6 Å². The molecule has 8 heteroatoms. The molecule has 29 heavy (non-hydrogen) atoms. The van der Waals surface area contributed by atoms with Crippen LogP contribution < -0.4 is 11.1 Å². The number of ether oxygens (including phenoxy) is 2. The second-order valence-electron chi connectivity index (χ2n) is 8.93. The van der Waals surface area contributed by atoms with Crippen LogP contribution in [-0.4, -0.2) is 46.9 Å². The highest BCUT2D eigenvalue weighted by atomic mass is 16.6. The highest BCUT2D eigenvalue weighted by molar-refractivity contribution is 5.92. The van der Waals surface area contributed by atoms with Crippen molar-refractivity contribution in [3.8, 4) is 0 Å². The Labute approximate surface area is 173 Å². The number of hydrogen-bond donors (Lipinski definition) is 3. The Morgan fingerprint density at radius 1 is 1.14 bits per heavy atom. The summed E-state index contributed by atoms with van der Waals surface area (Å²) in [4.78, 5) is 36.6. The molecule has 1 aliphatic rings. The van der Waals surface area contributed by atoms with Crippen molar-refractivity contribution in [3.05, 3.63) is 0 Å². The van der Waals surface area contributed by atoms with Gasteiger partial charge in [0.2, 0.25) is 0 Å². The fourth-order valence-corrected chi connectivity index (χ4v) is 3.45. The lowest BCUT2D eigenvalue weighted by molar-refractivity contribution is -0.168. The van der Waals surface area contributed by atoms with Crippen LogP contribution in [0.4, 0.5) is 4.79 Å². The van der Waals surface area contributed by atoms with Gasteiger partial charge in [-0.3, -0.25) is 0 Å². The van der Waals surface area contributed by atoms with Crippen LogP contribution in [0.1, 0.15) is 85.5 Å². The molecule has 4 N–H and O–H groups in total. The molecule has 3 unspecified atom stereocenters. The van der Waals surface area contributed by atoms with Gasteiger partial charge in [-0.05, 0) is 39.5 Å². The third-order valence-corrected chi connectivity index (χ3v) is 5.00. The van der Waals surface area contributed by atoms with E-state index in [4.69, 9.17) is 15.2 Å². The first kappa shape index (κ1) is 25.4. The molecule has 0 heterocycles. The van der Waals surface area contributed by atoms with Crippen LogP contribution in [0.5, 0.6) is 0 Å². The van der Waals surface area contributed by atoms with E-state index in [0.29, 0.717) is 25.2 Å². The van der Waals surface area contributed by atoms with Crippen molar-refractivity contribution in [1.82, 2.24) is 5.32 Å². The van der Waals surface area contributed by atoms with E-state index >= 15 is 0 Å². The fourth-order valence-electron chi connectivity index (χ4n) is 3.45. The quantitative estimate of drug-likeness (QED) is 0.391. The summed E-state index contributed by atoms with van der Waals surface area (Å²) in [6.07, 6.45) is 5.45. The Morgan fingerprint density at radius 2 is 1.76 bits per heavy atom. The summed E-state index contributed by atoms with van der Waals surface area (Å²) in [5, 5.41) is 12.6. The van der Waals surface area contributed by atoms with E-state index in [1.54, 1.807) is 20.8 Å².